The summed E-state index contributed by atoms with van der Waals surface area (Å²) >= 11 is 10.1. The summed E-state index contributed by atoms with van der Waals surface area (Å²) in [7, 11) is 0. The van der Waals surface area contributed by atoms with Crippen molar-refractivity contribution in [3.63, 3.8) is 0 Å². The van der Waals surface area contributed by atoms with Crippen molar-refractivity contribution in [2.75, 3.05) is 26.2 Å². The van der Waals surface area contributed by atoms with Gasteiger partial charge >= 0.3 is 6.09 Å². The molecule has 0 radical (unpaired) electrons. The van der Waals surface area contributed by atoms with Crippen molar-refractivity contribution in [3.05, 3.63) is 117 Å². The number of pyridine rings is 1. The number of ether oxygens (including phenoxy) is 1. The van der Waals surface area contributed by atoms with Crippen LogP contribution in [-0.4, -0.2) is 79.6 Å². The third kappa shape index (κ3) is 7.88. The normalized spacial score (nSPS) is 17.9. The molecule has 47 heavy (non-hydrogen) atoms. The lowest BCUT2D eigenvalue weighted by atomic mass is 9.95. The van der Waals surface area contributed by atoms with E-state index in [4.69, 9.17) is 21.3 Å². The van der Waals surface area contributed by atoms with Crippen LogP contribution in [0.15, 0.2) is 84.0 Å². The monoisotopic (exact) mass is 718 g/mol. The predicted molar refractivity (Wildman–Crippen MR) is 185 cm³/mol. The quantitative estimate of drug-likeness (QED) is 0.196. The van der Waals surface area contributed by atoms with E-state index in [-0.39, 0.29) is 18.1 Å². The molecular formula is C36H40BrClN6O3. The summed E-state index contributed by atoms with van der Waals surface area (Å²) in [6.07, 6.45) is 8.94. The molecule has 4 aromatic rings. The fraction of sp³-hybridized carbons (Fsp3) is 0.389. The van der Waals surface area contributed by atoms with Gasteiger partial charge in [0, 0.05) is 67.4 Å². The predicted octanol–water partition coefficient (Wildman–Crippen LogP) is 6.53. The minimum Gasteiger partial charge on any atom is -0.447 e. The van der Waals surface area contributed by atoms with Crippen LogP contribution in [0.5, 0.6) is 0 Å². The molecule has 3 heterocycles. The number of piperazine rings is 1. The number of carbonyl (C=O) groups is 2. The lowest BCUT2D eigenvalue weighted by Crippen LogP contribution is -2.62. The number of carbonyl (C=O) groups excluding carboxylic acids is 2. The van der Waals surface area contributed by atoms with Gasteiger partial charge in [-0.25, -0.2) is 9.78 Å². The van der Waals surface area contributed by atoms with Crippen LogP contribution in [-0.2, 0) is 35.5 Å². The molecule has 2 aliphatic rings. The highest BCUT2D eigenvalue weighted by atomic mass is 79.9. The third-order valence-electron chi connectivity index (χ3n) is 8.85. The van der Waals surface area contributed by atoms with Gasteiger partial charge in [-0.1, -0.05) is 48.0 Å². The van der Waals surface area contributed by atoms with Gasteiger partial charge in [-0.15, -0.1) is 0 Å². The molecule has 0 bridgehead atoms. The lowest BCUT2D eigenvalue weighted by Gasteiger charge is -2.44. The van der Waals surface area contributed by atoms with Gasteiger partial charge in [0.25, 0.3) is 0 Å². The summed E-state index contributed by atoms with van der Waals surface area (Å²) in [4.78, 5) is 43.2. The number of aromatic nitrogens is 3. The Kier molecular flexibility index (Phi) is 10.6. The number of fused-ring (bicyclic) bond motifs is 2. The molecule has 1 saturated heterocycles. The minimum absolute atomic E-state index is 0.0983. The maximum Gasteiger partial charge on any atom is 0.410 e. The van der Waals surface area contributed by atoms with Crippen LogP contribution in [0, 0.1) is 0 Å². The highest BCUT2D eigenvalue weighted by Crippen LogP contribution is 2.38. The van der Waals surface area contributed by atoms with Gasteiger partial charge in [-0.3, -0.25) is 19.6 Å². The Morgan fingerprint density at radius 2 is 1.89 bits per heavy atom. The largest absolute Gasteiger partial charge is 0.447 e. The zero-order chi connectivity index (χ0) is 32.9. The van der Waals surface area contributed by atoms with Crippen LogP contribution >= 0.6 is 27.5 Å². The summed E-state index contributed by atoms with van der Waals surface area (Å²) in [6.45, 7) is 6.60. The zero-order valence-corrected chi connectivity index (χ0v) is 29.1. The zero-order valence-electron chi connectivity index (χ0n) is 26.8. The first kappa shape index (κ1) is 33.2. The Bertz CT molecular complexity index is 1630. The molecule has 2 amide bonds. The van der Waals surface area contributed by atoms with Crippen LogP contribution < -0.4 is 0 Å². The SMILES string of the molecule is CC(C)OC(=O)N1CCN([C@@H]2c3ccc(Cl)cc3CCc3cc(Br)cnc32)C[C@@H]1C(=O)N(CCCn1ccnc1)Cc1ccccc1. The first-order valence-corrected chi connectivity index (χ1v) is 17.4. The van der Waals surface area contributed by atoms with Crippen LogP contribution in [0.25, 0.3) is 0 Å². The first-order valence-electron chi connectivity index (χ1n) is 16.2. The van der Waals surface area contributed by atoms with E-state index in [9.17, 15) is 9.59 Å². The second-order valence-electron chi connectivity index (χ2n) is 12.5. The molecular weight excluding hydrogens is 680 g/mol. The number of aryl methyl sites for hydroxylation is 3. The van der Waals surface area contributed by atoms with E-state index in [0.717, 1.165) is 52.7 Å². The number of hydrogen-bond acceptors (Lipinski definition) is 6. The van der Waals surface area contributed by atoms with Crippen LogP contribution in [0.2, 0.25) is 5.02 Å². The van der Waals surface area contributed by atoms with E-state index in [1.807, 2.05) is 78.2 Å². The fourth-order valence-corrected chi connectivity index (χ4v) is 7.24. The van der Waals surface area contributed by atoms with E-state index in [1.165, 1.54) is 5.56 Å². The second-order valence-corrected chi connectivity index (χ2v) is 13.8. The second kappa shape index (κ2) is 15.0. The van der Waals surface area contributed by atoms with Gasteiger partial charge < -0.3 is 14.2 Å². The molecule has 1 aliphatic heterocycles. The van der Waals surface area contributed by atoms with Crippen LogP contribution in [0.1, 0.15) is 54.3 Å². The molecule has 1 fully saturated rings. The summed E-state index contributed by atoms with van der Waals surface area (Å²) in [5.74, 6) is -0.0983. The number of benzene rings is 2. The third-order valence-corrected chi connectivity index (χ3v) is 9.52. The average Bonchev–Trinajstić information content (AvgIpc) is 3.53. The molecule has 11 heteroatoms. The van der Waals surface area contributed by atoms with E-state index in [1.54, 1.807) is 17.4 Å². The average molecular weight is 720 g/mol. The summed E-state index contributed by atoms with van der Waals surface area (Å²) in [5, 5.41) is 0.698. The van der Waals surface area contributed by atoms with Gasteiger partial charge in [-0.2, -0.15) is 0 Å². The lowest BCUT2D eigenvalue weighted by molar-refractivity contribution is -0.140. The van der Waals surface area contributed by atoms with E-state index in [2.05, 4.69) is 37.9 Å². The van der Waals surface area contributed by atoms with Gasteiger partial charge in [0.15, 0.2) is 0 Å². The maximum atomic E-state index is 14.8. The van der Waals surface area contributed by atoms with Gasteiger partial charge in [-0.05, 0) is 89.5 Å². The van der Waals surface area contributed by atoms with Crippen molar-refractivity contribution < 1.29 is 14.3 Å². The Morgan fingerprint density at radius 3 is 2.66 bits per heavy atom. The highest BCUT2D eigenvalue weighted by molar-refractivity contribution is 9.10. The molecule has 2 aromatic heterocycles. The number of nitrogens with zero attached hydrogens (tertiary/aromatic N) is 6. The van der Waals surface area contributed by atoms with E-state index < -0.39 is 12.1 Å². The molecule has 246 valence electrons. The number of rotatable bonds is 9. The van der Waals surface area contributed by atoms with Crippen molar-refractivity contribution in [2.45, 2.75) is 64.4 Å². The van der Waals surface area contributed by atoms with Crippen molar-refractivity contribution in [1.29, 1.82) is 0 Å². The Morgan fingerprint density at radius 1 is 1.09 bits per heavy atom. The molecule has 6 rings (SSSR count). The Balaban J connectivity index is 1.35. The Hall–Kier alpha value is -3.73. The topological polar surface area (TPSA) is 83.8 Å². The van der Waals surface area contributed by atoms with E-state index in [0.29, 0.717) is 37.7 Å². The molecule has 0 saturated carbocycles. The standard InChI is InChI=1S/C36H40BrClN6O3/c1-25(2)47-36(46)44-18-17-42(34-31-12-11-30(38)20-27(31)9-10-28-19-29(37)21-40-33(28)34)23-32(44)35(45)43(22-26-7-4-3-5-8-26)15-6-14-41-16-13-39-24-41/h3-5,7-8,11-13,16,19-21,24-25,32,34H,6,9-10,14-15,17-18,22-23H2,1-2H3/t32-,34-/m1/s1. The number of halogens is 2. The number of hydrogen-bond donors (Lipinski definition) is 0. The van der Waals surface area contributed by atoms with Crippen molar-refractivity contribution in [3.8, 4) is 0 Å². The summed E-state index contributed by atoms with van der Waals surface area (Å²) < 4.78 is 8.64. The molecule has 0 spiro atoms. The summed E-state index contributed by atoms with van der Waals surface area (Å²) in [6, 6.07) is 17.3. The number of imidazole rings is 1. The maximum absolute atomic E-state index is 14.8. The van der Waals surface area contributed by atoms with Gasteiger partial charge in [0.2, 0.25) is 5.91 Å². The summed E-state index contributed by atoms with van der Waals surface area (Å²) in [5.41, 5.74) is 5.47. The fourth-order valence-electron chi connectivity index (χ4n) is 6.66. The van der Waals surface area contributed by atoms with Gasteiger partial charge in [0.05, 0.1) is 24.2 Å². The number of amides is 2. The van der Waals surface area contributed by atoms with Crippen molar-refractivity contribution in [2.24, 2.45) is 0 Å². The van der Waals surface area contributed by atoms with Crippen LogP contribution in [0.3, 0.4) is 0 Å². The minimum atomic E-state index is -0.746. The van der Waals surface area contributed by atoms with Crippen molar-refractivity contribution in [1.82, 2.24) is 29.2 Å². The first-order chi connectivity index (χ1) is 22.8. The van der Waals surface area contributed by atoms with E-state index >= 15 is 0 Å². The van der Waals surface area contributed by atoms with Gasteiger partial charge in [0.1, 0.15) is 6.04 Å². The highest BCUT2D eigenvalue weighted by Gasteiger charge is 2.42. The molecule has 1 aliphatic carbocycles. The molecule has 9 nitrogen and oxygen atoms in total. The molecule has 2 aromatic carbocycles. The molecule has 2 atom stereocenters. The Labute approximate surface area is 289 Å². The van der Waals surface area contributed by atoms with Crippen LogP contribution in [0.4, 0.5) is 4.79 Å². The molecule has 0 N–H and O–H groups in total. The van der Waals surface area contributed by atoms with Crippen molar-refractivity contribution >= 4 is 39.5 Å². The molecule has 0 unspecified atom stereocenters. The smallest absolute Gasteiger partial charge is 0.410 e.